The molecule has 0 atom stereocenters. The Kier molecular flexibility index (Phi) is 4.86. The molecule has 2 aromatic carbocycles. The van der Waals surface area contributed by atoms with E-state index in [0.717, 1.165) is 22.0 Å². The number of anilines is 2. The second-order valence-electron chi connectivity index (χ2n) is 5.23. The molecule has 0 fully saturated rings. The summed E-state index contributed by atoms with van der Waals surface area (Å²) >= 11 is 1.66. The average Bonchev–Trinajstić information content (AvgIpc) is 2.96. The molecule has 0 aliphatic heterocycles. The zero-order chi connectivity index (χ0) is 16.9. The summed E-state index contributed by atoms with van der Waals surface area (Å²) in [6.45, 7) is 1.89. The fourth-order valence-corrected chi connectivity index (χ4v) is 2.72. The van der Waals surface area contributed by atoms with E-state index >= 15 is 0 Å². The molecule has 1 heterocycles. The van der Waals surface area contributed by atoms with E-state index < -0.39 is 0 Å². The topological polar surface area (TPSA) is 59.0 Å². The first-order valence-electron chi connectivity index (χ1n) is 7.50. The number of thioether (sulfide) groups is 1. The molecule has 0 aliphatic carbocycles. The van der Waals surface area contributed by atoms with Crippen molar-refractivity contribution >= 4 is 29.3 Å². The van der Waals surface area contributed by atoms with Gasteiger partial charge < -0.3 is 5.32 Å². The molecule has 5 nitrogen and oxygen atoms in total. The van der Waals surface area contributed by atoms with Crippen molar-refractivity contribution in [2.75, 3.05) is 16.9 Å². The molecule has 0 saturated heterocycles. The largest absolute Gasteiger partial charge is 0.324 e. The zero-order valence-electron chi connectivity index (χ0n) is 13.5. The quantitative estimate of drug-likeness (QED) is 0.686. The Balaban J connectivity index is 1.74. The summed E-state index contributed by atoms with van der Waals surface area (Å²) in [5.74, 6) is 0.622. The SMILES string of the molecule is CSc1ccc(NC(=O)Nc2cc(C)nn2-c2ccccc2)cc1. The number of carbonyl (C=O) groups excluding carboxylic acids is 1. The van der Waals surface area contributed by atoms with Gasteiger partial charge in [0.15, 0.2) is 0 Å². The molecule has 0 spiro atoms. The number of urea groups is 1. The van der Waals surface area contributed by atoms with E-state index in [0.29, 0.717) is 5.82 Å². The lowest BCUT2D eigenvalue weighted by atomic mass is 10.3. The summed E-state index contributed by atoms with van der Waals surface area (Å²) in [6, 6.07) is 18.9. The van der Waals surface area contributed by atoms with E-state index in [1.807, 2.05) is 73.8 Å². The van der Waals surface area contributed by atoms with Crippen molar-refractivity contribution in [2.45, 2.75) is 11.8 Å². The molecule has 122 valence electrons. The minimum absolute atomic E-state index is 0.302. The van der Waals surface area contributed by atoms with Crippen molar-refractivity contribution in [3.05, 3.63) is 66.4 Å². The van der Waals surface area contributed by atoms with Gasteiger partial charge in [0, 0.05) is 16.6 Å². The van der Waals surface area contributed by atoms with Crippen LogP contribution in [0.4, 0.5) is 16.3 Å². The van der Waals surface area contributed by atoms with Crippen molar-refractivity contribution < 1.29 is 4.79 Å². The van der Waals surface area contributed by atoms with E-state index in [2.05, 4.69) is 15.7 Å². The number of hydrogen-bond donors (Lipinski definition) is 2. The number of aromatic nitrogens is 2. The highest BCUT2D eigenvalue weighted by atomic mass is 32.2. The second-order valence-corrected chi connectivity index (χ2v) is 6.11. The summed E-state index contributed by atoms with van der Waals surface area (Å²) in [4.78, 5) is 13.4. The molecular weight excluding hydrogens is 320 g/mol. The Morgan fingerprint density at radius 2 is 1.75 bits per heavy atom. The van der Waals surface area contributed by atoms with Crippen LogP contribution in [0.1, 0.15) is 5.69 Å². The van der Waals surface area contributed by atoms with Gasteiger partial charge in [-0.25, -0.2) is 9.48 Å². The maximum Gasteiger partial charge on any atom is 0.324 e. The number of rotatable bonds is 4. The zero-order valence-corrected chi connectivity index (χ0v) is 14.3. The molecule has 2 N–H and O–H groups in total. The van der Waals surface area contributed by atoms with Crippen molar-refractivity contribution in [1.29, 1.82) is 0 Å². The number of aryl methyl sites for hydroxylation is 1. The molecule has 3 rings (SSSR count). The average molecular weight is 338 g/mol. The number of nitrogens with one attached hydrogen (secondary N) is 2. The smallest absolute Gasteiger partial charge is 0.308 e. The van der Waals surface area contributed by atoms with Crippen LogP contribution >= 0.6 is 11.8 Å². The van der Waals surface area contributed by atoms with Crippen molar-refractivity contribution in [3.63, 3.8) is 0 Å². The molecule has 24 heavy (non-hydrogen) atoms. The monoisotopic (exact) mass is 338 g/mol. The fraction of sp³-hybridized carbons (Fsp3) is 0.111. The van der Waals surface area contributed by atoms with Gasteiger partial charge in [-0.05, 0) is 49.6 Å². The minimum atomic E-state index is -0.302. The summed E-state index contributed by atoms with van der Waals surface area (Å²) in [5.41, 5.74) is 2.47. The predicted octanol–water partition coefficient (Wildman–Crippen LogP) is 4.55. The molecule has 0 radical (unpaired) electrons. The first kappa shape index (κ1) is 16.1. The molecule has 3 aromatic rings. The molecule has 0 saturated carbocycles. The van der Waals surface area contributed by atoms with E-state index in [1.54, 1.807) is 16.4 Å². The normalized spacial score (nSPS) is 10.4. The van der Waals surface area contributed by atoms with Crippen LogP contribution in [0.25, 0.3) is 5.69 Å². The lowest BCUT2D eigenvalue weighted by Gasteiger charge is -2.10. The van der Waals surface area contributed by atoms with Crippen LogP contribution in [0.2, 0.25) is 0 Å². The van der Waals surface area contributed by atoms with Crippen LogP contribution in [0.5, 0.6) is 0 Å². The first-order valence-corrected chi connectivity index (χ1v) is 8.72. The Morgan fingerprint density at radius 1 is 1.04 bits per heavy atom. The Labute approximate surface area is 145 Å². The first-order chi connectivity index (χ1) is 11.7. The van der Waals surface area contributed by atoms with Crippen LogP contribution in [0, 0.1) is 6.92 Å². The molecular formula is C18H18N4OS. The molecule has 0 aliphatic rings. The number of carbonyl (C=O) groups is 1. The Hall–Kier alpha value is -2.73. The fourth-order valence-electron chi connectivity index (χ4n) is 2.31. The standard InChI is InChI=1S/C18H18N4OS/c1-13-12-17(22(21-13)15-6-4-3-5-7-15)20-18(23)19-14-8-10-16(24-2)11-9-14/h3-12H,1-2H3,(H2,19,20,23). The van der Waals surface area contributed by atoms with E-state index in [4.69, 9.17) is 0 Å². The number of nitrogens with zero attached hydrogens (tertiary/aromatic N) is 2. The van der Waals surface area contributed by atoms with Gasteiger partial charge in [0.05, 0.1) is 11.4 Å². The van der Waals surface area contributed by atoms with Gasteiger partial charge in [-0.1, -0.05) is 18.2 Å². The Morgan fingerprint density at radius 3 is 2.42 bits per heavy atom. The van der Waals surface area contributed by atoms with Crippen molar-refractivity contribution in [3.8, 4) is 5.69 Å². The van der Waals surface area contributed by atoms with Gasteiger partial charge in [0.1, 0.15) is 5.82 Å². The maximum atomic E-state index is 12.3. The molecule has 0 bridgehead atoms. The molecule has 6 heteroatoms. The third-order valence-electron chi connectivity index (χ3n) is 3.42. The van der Waals surface area contributed by atoms with Crippen LogP contribution in [-0.4, -0.2) is 22.1 Å². The minimum Gasteiger partial charge on any atom is -0.308 e. The number of amides is 2. The van der Waals surface area contributed by atoms with Crippen LogP contribution in [-0.2, 0) is 0 Å². The van der Waals surface area contributed by atoms with Gasteiger partial charge in [-0.2, -0.15) is 5.10 Å². The van der Waals surface area contributed by atoms with Gasteiger partial charge in [0.25, 0.3) is 0 Å². The number of para-hydroxylation sites is 1. The number of benzene rings is 2. The maximum absolute atomic E-state index is 12.3. The summed E-state index contributed by atoms with van der Waals surface area (Å²) in [5, 5.41) is 10.1. The lowest BCUT2D eigenvalue weighted by molar-refractivity contribution is 0.262. The second kappa shape index (κ2) is 7.23. The van der Waals surface area contributed by atoms with Crippen molar-refractivity contribution in [1.82, 2.24) is 9.78 Å². The Bertz CT molecular complexity index is 828. The molecule has 1 aromatic heterocycles. The highest BCUT2D eigenvalue weighted by molar-refractivity contribution is 7.98. The summed E-state index contributed by atoms with van der Waals surface area (Å²) in [7, 11) is 0. The summed E-state index contributed by atoms with van der Waals surface area (Å²) < 4.78 is 1.71. The van der Waals surface area contributed by atoms with Gasteiger partial charge >= 0.3 is 6.03 Å². The van der Waals surface area contributed by atoms with Gasteiger partial charge in [-0.15, -0.1) is 11.8 Å². The van der Waals surface area contributed by atoms with Gasteiger partial charge in [0.2, 0.25) is 0 Å². The third-order valence-corrected chi connectivity index (χ3v) is 4.17. The molecule has 2 amide bonds. The summed E-state index contributed by atoms with van der Waals surface area (Å²) in [6.07, 6.45) is 2.02. The highest BCUT2D eigenvalue weighted by Gasteiger charge is 2.10. The predicted molar refractivity (Wildman–Crippen MR) is 99.2 cm³/mol. The molecule has 0 unspecified atom stereocenters. The number of hydrogen-bond acceptors (Lipinski definition) is 3. The third kappa shape index (κ3) is 3.78. The lowest BCUT2D eigenvalue weighted by Crippen LogP contribution is -2.21. The van der Waals surface area contributed by atoms with Crippen LogP contribution in [0.3, 0.4) is 0 Å². The van der Waals surface area contributed by atoms with Gasteiger partial charge in [-0.3, -0.25) is 5.32 Å². The van der Waals surface area contributed by atoms with Crippen molar-refractivity contribution in [2.24, 2.45) is 0 Å². The van der Waals surface area contributed by atoms with E-state index in [1.165, 1.54) is 0 Å². The van der Waals surface area contributed by atoms with E-state index in [9.17, 15) is 4.79 Å². The van der Waals surface area contributed by atoms with Crippen LogP contribution in [0.15, 0.2) is 65.6 Å². The highest BCUT2D eigenvalue weighted by Crippen LogP contribution is 2.19. The van der Waals surface area contributed by atoms with Crippen LogP contribution < -0.4 is 10.6 Å². The van der Waals surface area contributed by atoms with E-state index in [-0.39, 0.29) is 6.03 Å².